The highest BCUT2D eigenvalue weighted by molar-refractivity contribution is 6.13. The first-order valence-electron chi connectivity index (χ1n) is 12.8. The fraction of sp³-hybridized carbons (Fsp3) is 0.121. The van der Waals surface area contributed by atoms with E-state index in [0.29, 0.717) is 17.9 Å². The van der Waals surface area contributed by atoms with Gasteiger partial charge in [-0.15, -0.1) is 0 Å². The topological polar surface area (TPSA) is 76.2 Å². The van der Waals surface area contributed by atoms with Crippen LogP contribution in [-0.4, -0.2) is 34.8 Å². The van der Waals surface area contributed by atoms with Crippen molar-refractivity contribution in [3.63, 3.8) is 0 Å². The number of ether oxygens (including phenoxy) is 2. The zero-order chi connectivity index (χ0) is 27.9. The Morgan fingerprint density at radius 2 is 1.27 bits per heavy atom. The van der Waals surface area contributed by atoms with Gasteiger partial charge in [-0.25, -0.2) is 9.59 Å². The van der Waals surface area contributed by atoms with Crippen LogP contribution in [0, 0.1) is 0 Å². The Balaban J connectivity index is 1.37. The van der Waals surface area contributed by atoms with E-state index in [0.717, 1.165) is 22.3 Å². The number of hydrogen-bond donors (Lipinski definition) is 0. The molecule has 0 aromatic heterocycles. The van der Waals surface area contributed by atoms with Crippen LogP contribution in [-0.2, 0) is 29.2 Å². The summed E-state index contributed by atoms with van der Waals surface area (Å²) < 4.78 is 10.6. The summed E-state index contributed by atoms with van der Waals surface area (Å²) in [6, 6.07) is 33.1. The van der Waals surface area contributed by atoms with Gasteiger partial charge in [-0.05, 0) is 52.6 Å². The molecule has 0 aliphatic carbocycles. The average molecular weight is 533 g/mol. The molecule has 1 saturated heterocycles. The first-order chi connectivity index (χ1) is 19.5. The Hall–Kier alpha value is -5.17. The predicted molar refractivity (Wildman–Crippen MR) is 151 cm³/mol. The van der Waals surface area contributed by atoms with E-state index in [2.05, 4.69) is 0 Å². The van der Waals surface area contributed by atoms with Gasteiger partial charge in [-0.1, -0.05) is 84.9 Å². The monoisotopic (exact) mass is 532 g/mol. The van der Waals surface area contributed by atoms with Gasteiger partial charge in [0, 0.05) is 0 Å². The molecule has 40 heavy (non-hydrogen) atoms. The van der Waals surface area contributed by atoms with Gasteiger partial charge in [0.15, 0.2) is 0 Å². The normalized spacial score (nSPS) is 14.1. The van der Waals surface area contributed by atoms with Crippen molar-refractivity contribution in [2.45, 2.75) is 19.7 Å². The molecule has 200 valence electrons. The molecular formula is C33H28N2O5. The number of urea groups is 1. The lowest BCUT2D eigenvalue weighted by Crippen LogP contribution is -2.32. The van der Waals surface area contributed by atoms with Crippen LogP contribution in [0.3, 0.4) is 0 Å². The van der Waals surface area contributed by atoms with Crippen LogP contribution in [0.4, 0.5) is 4.79 Å². The third-order valence-electron chi connectivity index (χ3n) is 6.55. The van der Waals surface area contributed by atoms with Crippen molar-refractivity contribution >= 4 is 24.0 Å². The minimum Gasteiger partial charge on any atom is -0.489 e. The number of nitrogens with zero attached hydrogens (tertiary/aromatic N) is 2. The highest BCUT2D eigenvalue weighted by Crippen LogP contribution is 2.28. The number of esters is 1. The number of carbonyl (C=O) groups is 3. The Morgan fingerprint density at radius 3 is 1.90 bits per heavy atom. The highest BCUT2D eigenvalue weighted by Gasteiger charge is 2.40. The summed E-state index contributed by atoms with van der Waals surface area (Å²) in [6.45, 7) is 0.788. The van der Waals surface area contributed by atoms with Crippen molar-refractivity contribution in [3.05, 3.63) is 143 Å². The van der Waals surface area contributed by atoms with Crippen LogP contribution in [0.25, 0.3) is 6.08 Å². The number of imide groups is 1. The molecule has 0 bridgehead atoms. The molecule has 5 rings (SSSR count). The average Bonchev–Trinajstić information content (AvgIpc) is 3.21. The first-order valence-corrected chi connectivity index (χ1v) is 12.8. The molecular weight excluding hydrogens is 504 g/mol. The summed E-state index contributed by atoms with van der Waals surface area (Å²) in [4.78, 5) is 41.6. The number of benzene rings is 4. The van der Waals surface area contributed by atoms with E-state index in [-0.39, 0.29) is 24.7 Å². The second-order valence-corrected chi connectivity index (χ2v) is 9.31. The maximum Gasteiger partial charge on any atom is 0.337 e. The largest absolute Gasteiger partial charge is 0.489 e. The van der Waals surface area contributed by atoms with Gasteiger partial charge < -0.3 is 9.47 Å². The summed E-state index contributed by atoms with van der Waals surface area (Å²) in [7, 11) is 1.32. The van der Waals surface area contributed by atoms with Gasteiger partial charge >= 0.3 is 12.0 Å². The predicted octanol–water partition coefficient (Wildman–Crippen LogP) is 6.06. The molecule has 1 aliphatic rings. The third-order valence-corrected chi connectivity index (χ3v) is 6.55. The molecule has 3 amide bonds. The molecule has 7 heteroatoms. The van der Waals surface area contributed by atoms with Gasteiger partial charge in [-0.3, -0.25) is 14.6 Å². The Bertz CT molecular complexity index is 1520. The fourth-order valence-electron chi connectivity index (χ4n) is 4.39. The Kier molecular flexibility index (Phi) is 8.02. The molecule has 0 N–H and O–H groups in total. The van der Waals surface area contributed by atoms with E-state index >= 15 is 0 Å². The number of methoxy groups -OCH3 is 1. The van der Waals surface area contributed by atoms with Crippen LogP contribution >= 0.6 is 0 Å². The lowest BCUT2D eigenvalue weighted by molar-refractivity contribution is -0.123. The molecule has 1 heterocycles. The zero-order valence-electron chi connectivity index (χ0n) is 22.0. The zero-order valence-corrected chi connectivity index (χ0v) is 22.0. The summed E-state index contributed by atoms with van der Waals surface area (Å²) in [5.74, 6) is -0.129. The van der Waals surface area contributed by atoms with Crippen LogP contribution in [0.2, 0.25) is 0 Å². The molecule has 0 spiro atoms. The van der Waals surface area contributed by atoms with Crippen molar-refractivity contribution in [1.29, 1.82) is 0 Å². The summed E-state index contributed by atoms with van der Waals surface area (Å²) in [5, 5.41) is 0. The van der Waals surface area contributed by atoms with Crippen LogP contribution in [0.5, 0.6) is 5.75 Å². The lowest BCUT2D eigenvalue weighted by atomic mass is 10.1. The molecule has 0 saturated carbocycles. The van der Waals surface area contributed by atoms with E-state index in [4.69, 9.17) is 9.47 Å². The molecule has 1 aliphatic heterocycles. The van der Waals surface area contributed by atoms with Crippen molar-refractivity contribution in [1.82, 2.24) is 9.80 Å². The second-order valence-electron chi connectivity index (χ2n) is 9.31. The number of hydrogen-bond acceptors (Lipinski definition) is 5. The van der Waals surface area contributed by atoms with E-state index in [1.54, 1.807) is 30.3 Å². The number of carbonyl (C=O) groups excluding carboxylic acids is 3. The van der Waals surface area contributed by atoms with Gasteiger partial charge in [-0.2, -0.15) is 0 Å². The molecule has 1 fully saturated rings. The minimum absolute atomic E-state index is 0.0774. The third kappa shape index (κ3) is 6.10. The van der Waals surface area contributed by atoms with Gasteiger partial charge in [0.25, 0.3) is 5.91 Å². The second kappa shape index (κ2) is 12.1. The maximum absolute atomic E-state index is 13.6. The SMILES string of the molecule is COC(=O)c1ccc(CN2C(=O)/C(=C\c3ccc(OCc4ccccc4)cc3)N(Cc3ccccc3)C2=O)cc1. The van der Waals surface area contributed by atoms with Crippen molar-refractivity contribution in [2.24, 2.45) is 0 Å². The Labute approximate surface area is 232 Å². The molecule has 0 unspecified atom stereocenters. The summed E-state index contributed by atoms with van der Waals surface area (Å²) in [6.07, 6.45) is 1.73. The first kappa shape index (κ1) is 26.4. The molecule has 4 aromatic rings. The van der Waals surface area contributed by atoms with Gasteiger partial charge in [0.05, 0.1) is 25.8 Å². The minimum atomic E-state index is -0.449. The summed E-state index contributed by atoms with van der Waals surface area (Å²) in [5.41, 5.74) is 4.15. The van der Waals surface area contributed by atoms with E-state index in [9.17, 15) is 14.4 Å². The molecule has 4 aromatic carbocycles. The van der Waals surface area contributed by atoms with Crippen LogP contribution < -0.4 is 4.74 Å². The number of amides is 3. The van der Waals surface area contributed by atoms with E-state index in [1.165, 1.54) is 16.9 Å². The van der Waals surface area contributed by atoms with Crippen LogP contribution in [0.15, 0.2) is 115 Å². The Morgan fingerprint density at radius 1 is 0.700 bits per heavy atom. The van der Waals surface area contributed by atoms with Crippen LogP contribution in [0.1, 0.15) is 32.6 Å². The highest BCUT2D eigenvalue weighted by atomic mass is 16.5. The van der Waals surface area contributed by atoms with E-state index < -0.39 is 12.0 Å². The van der Waals surface area contributed by atoms with Crippen molar-refractivity contribution in [3.8, 4) is 5.75 Å². The molecule has 0 radical (unpaired) electrons. The maximum atomic E-state index is 13.6. The summed E-state index contributed by atoms with van der Waals surface area (Å²) >= 11 is 0. The lowest BCUT2D eigenvalue weighted by Gasteiger charge is -2.17. The fourth-order valence-corrected chi connectivity index (χ4v) is 4.39. The standard InChI is InChI=1S/C33H28N2O5/c1-39-32(37)28-16-12-26(13-17-28)22-35-31(36)30(34(33(35)38)21-25-8-4-2-5-9-25)20-24-14-18-29(19-15-24)40-23-27-10-6-3-7-11-27/h2-20H,21-23H2,1H3/b30-20+. The molecule has 0 atom stereocenters. The molecule has 7 nitrogen and oxygen atoms in total. The quantitative estimate of drug-likeness (QED) is 0.149. The number of rotatable bonds is 9. The van der Waals surface area contributed by atoms with Crippen molar-refractivity contribution in [2.75, 3.05) is 7.11 Å². The van der Waals surface area contributed by atoms with E-state index in [1.807, 2.05) is 84.9 Å². The smallest absolute Gasteiger partial charge is 0.337 e. The van der Waals surface area contributed by atoms with Gasteiger partial charge in [0.2, 0.25) is 0 Å². The van der Waals surface area contributed by atoms with Gasteiger partial charge in [0.1, 0.15) is 18.1 Å². The van der Waals surface area contributed by atoms with Crippen molar-refractivity contribution < 1.29 is 23.9 Å².